The molecule has 0 aromatic heterocycles. The lowest BCUT2D eigenvalue weighted by Gasteiger charge is -2.26. The minimum atomic E-state index is -5.38. The zero-order chi connectivity index (χ0) is 25.2. The van der Waals surface area contributed by atoms with E-state index in [2.05, 4.69) is 0 Å². The van der Waals surface area contributed by atoms with Crippen molar-refractivity contribution in [1.29, 1.82) is 0 Å². The topological polar surface area (TPSA) is 83.9 Å². The number of halogens is 6. The van der Waals surface area contributed by atoms with Gasteiger partial charge in [0.1, 0.15) is 6.61 Å². The standard InChI is InChI=1S/C21H19F6NO5/c1-9(5-7-13(29)30)4-6-11-14(16(22)18(23)24)10(2)12-8-33-19(31)15(12)17(11)28(3)20(32)21(25,26)27/h4H,5-8H2,1-3H3,(H,29,30). The zero-order valence-electron chi connectivity index (χ0n) is 17.7. The summed E-state index contributed by atoms with van der Waals surface area (Å²) in [7, 11) is 0.689. The number of benzene rings is 1. The second-order valence-corrected chi connectivity index (χ2v) is 7.34. The van der Waals surface area contributed by atoms with Crippen molar-refractivity contribution in [3.8, 4) is 0 Å². The molecule has 1 aromatic carbocycles. The molecule has 0 bridgehead atoms. The number of alkyl halides is 3. The number of amides is 1. The number of rotatable bonds is 7. The Bertz CT molecular complexity index is 1070. The average Bonchev–Trinajstić information content (AvgIpc) is 3.10. The van der Waals surface area contributed by atoms with Gasteiger partial charge in [-0.2, -0.15) is 22.0 Å². The number of nitrogens with zero attached hydrogens (tertiary/aromatic N) is 1. The maximum atomic E-state index is 14.6. The normalized spacial score (nSPS) is 13.5. The highest BCUT2D eigenvalue weighted by atomic mass is 19.4. The number of fused-ring (bicyclic) bond motifs is 1. The molecule has 1 aliphatic heterocycles. The second-order valence-electron chi connectivity index (χ2n) is 7.34. The number of carbonyl (C=O) groups is 3. The largest absolute Gasteiger partial charge is 0.481 e. The first-order valence-corrected chi connectivity index (χ1v) is 9.47. The third kappa shape index (κ3) is 5.37. The number of hydrogen-bond donors (Lipinski definition) is 1. The number of cyclic esters (lactones) is 1. The van der Waals surface area contributed by atoms with Gasteiger partial charge in [0.2, 0.25) is 0 Å². The number of hydrogen-bond acceptors (Lipinski definition) is 4. The number of esters is 1. The molecule has 0 unspecified atom stereocenters. The Balaban J connectivity index is 2.86. The summed E-state index contributed by atoms with van der Waals surface area (Å²) in [6, 6.07) is 0. The quantitative estimate of drug-likeness (QED) is 0.335. The summed E-state index contributed by atoms with van der Waals surface area (Å²) in [6.45, 7) is 2.20. The fourth-order valence-corrected chi connectivity index (χ4v) is 3.52. The Morgan fingerprint density at radius 3 is 2.30 bits per heavy atom. The molecule has 1 N–H and O–H groups in total. The fraction of sp³-hybridized carbons (Fsp3) is 0.381. The van der Waals surface area contributed by atoms with Crippen LogP contribution in [0.25, 0.3) is 5.83 Å². The van der Waals surface area contributed by atoms with Crippen LogP contribution in [0.2, 0.25) is 0 Å². The molecule has 180 valence electrons. The Labute approximate surface area is 184 Å². The summed E-state index contributed by atoms with van der Waals surface area (Å²) < 4.78 is 85.4. The van der Waals surface area contributed by atoms with Gasteiger partial charge >= 0.3 is 30.1 Å². The van der Waals surface area contributed by atoms with Crippen molar-refractivity contribution in [2.75, 3.05) is 11.9 Å². The molecule has 1 aromatic rings. The molecule has 2 rings (SSSR count). The van der Waals surface area contributed by atoms with Crippen molar-refractivity contribution in [2.24, 2.45) is 0 Å². The highest BCUT2D eigenvalue weighted by molar-refractivity contribution is 6.08. The van der Waals surface area contributed by atoms with E-state index in [-0.39, 0.29) is 28.9 Å². The van der Waals surface area contributed by atoms with Crippen LogP contribution in [0.4, 0.5) is 32.0 Å². The van der Waals surface area contributed by atoms with E-state index in [1.165, 1.54) is 19.9 Å². The molecule has 0 aliphatic carbocycles. The molecular weight excluding hydrogens is 460 g/mol. The second kappa shape index (κ2) is 9.67. The minimum Gasteiger partial charge on any atom is -0.481 e. The molecule has 0 spiro atoms. The van der Waals surface area contributed by atoms with Gasteiger partial charge in [-0.1, -0.05) is 11.6 Å². The summed E-state index contributed by atoms with van der Waals surface area (Å²) in [5.41, 5.74) is -2.21. The maximum absolute atomic E-state index is 14.6. The monoisotopic (exact) mass is 479 g/mol. The first kappa shape index (κ1) is 25.9. The van der Waals surface area contributed by atoms with Gasteiger partial charge in [0, 0.05) is 24.6 Å². The Hall–Kier alpha value is -3.31. The van der Waals surface area contributed by atoms with Gasteiger partial charge < -0.3 is 14.7 Å². The molecule has 0 saturated heterocycles. The van der Waals surface area contributed by atoms with Crippen LogP contribution in [0, 0.1) is 6.92 Å². The lowest BCUT2D eigenvalue weighted by atomic mass is 9.88. The Morgan fingerprint density at radius 1 is 1.18 bits per heavy atom. The molecular formula is C21H19F6NO5. The molecule has 1 heterocycles. The number of carbonyl (C=O) groups excluding carboxylic acids is 2. The van der Waals surface area contributed by atoms with Crippen molar-refractivity contribution < 1.29 is 50.6 Å². The minimum absolute atomic E-state index is 0.0269. The van der Waals surface area contributed by atoms with Gasteiger partial charge in [-0.15, -0.1) is 0 Å². The zero-order valence-corrected chi connectivity index (χ0v) is 17.7. The summed E-state index contributed by atoms with van der Waals surface area (Å²) in [5.74, 6) is -6.63. The fourth-order valence-electron chi connectivity index (χ4n) is 3.52. The lowest BCUT2D eigenvalue weighted by Crippen LogP contribution is -2.40. The summed E-state index contributed by atoms with van der Waals surface area (Å²) in [4.78, 5) is 35.1. The van der Waals surface area contributed by atoms with Crippen LogP contribution >= 0.6 is 0 Å². The summed E-state index contributed by atoms with van der Waals surface area (Å²) in [6.07, 6.45) is -7.53. The van der Waals surface area contributed by atoms with E-state index in [0.717, 1.165) is 0 Å². The van der Waals surface area contributed by atoms with Gasteiger partial charge in [-0.05, 0) is 37.8 Å². The number of allylic oxidation sites excluding steroid dienone is 2. The van der Waals surface area contributed by atoms with Crippen molar-refractivity contribution in [1.82, 2.24) is 0 Å². The van der Waals surface area contributed by atoms with Crippen LogP contribution < -0.4 is 4.90 Å². The number of carboxylic acids is 1. The van der Waals surface area contributed by atoms with Crippen molar-refractivity contribution in [3.05, 3.63) is 45.5 Å². The number of anilines is 1. The van der Waals surface area contributed by atoms with Gasteiger partial charge in [0.25, 0.3) is 0 Å². The molecule has 12 heteroatoms. The van der Waals surface area contributed by atoms with Crippen molar-refractivity contribution in [3.63, 3.8) is 0 Å². The van der Waals surface area contributed by atoms with E-state index in [1.807, 2.05) is 0 Å². The first-order valence-electron chi connectivity index (χ1n) is 9.47. The summed E-state index contributed by atoms with van der Waals surface area (Å²) in [5, 5.41) is 8.78. The predicted octanol–water partition coefficient (Wildman–Crippen LogP) is 5.08. The van der Waals surface area contributed by atoms with Crippen molar-refractivity contribution >= 4 is 29.4 Å². The highest BCUT2D eigenvalue weighted by Gasteiger charge is 2.45. The number of ether oxygens (including phenoxy) is 1. The van der Waals surface area contributed by atoms with Crippen LogP contribution in [0.5, 0.6) is 0 Å². The van der Waals surface area contributed by atoms with E-state index in [0.29, 0.717) is 12.6 Å². The predicted molar refractivity (Wildman–Crippen MR) is 104 cm³/mol. The Morgan fingerprint density at radius 2 is 1.79 bits per heavy atom. The molecule has 0 atom stereocenters. The smallest absolute Gasteiger partial charge is 0.471 e. The molecule has 0 saturated carbocycles. The Kier molecular flexibility index (Phi) is 7.60. The van der Waals surface area contributed by atoms with Crippen LogP contribution in [0.3, 0.4) is 0 Å². The first-order chi connectivity index (χ1) is 15.2. The SMILES string of the molecule is CC(=CCc1c(C(F)=C(F)F)c(C)c2c(c1N(C)C(=O)C(F)(F)F)C(=O)OC2)CCC(=O)O. The third-order valence-corrected chi connectivity index (χ3v) is 5.16. The van der Waals surface area contributed by atoms with E-state index in [4.69, 9.17) is 9.84 Å². The van der Waals surface area contributed by atoms with Crippen molar-refractivity contribution in [2.45, 2.75) is 45.9 Å². The summed E-state index contributed by atoms with van der Waals surface area (Å²) >= 11 is 0. The molecule has 1 aliphatic rings. The van der Waals surface area contributed by atoms with Gasteiger partial charge in [-0.25, -0.2) is 9.18 Å². The van der Waals surface area contributed by atoms with Crippen LogP contribution in [0.15, 0.2) is 17.7 Å². The molecule has 1 amide bonds. The molecule has 0 fully saturated rings. The van der Waals surface area contributed by atoms with Crippen LogP contribution in [-0.2, 0) is 27.4 Å². The molecule has 0 radical (unpaired) electrons. The van der Waals surface area contributed by atoms with E-state index < -0.39 is 71.3 Å². The lowest BCUT2D eigenvalue weighted by molar-refractivity contribution is -0.170. The van der Waals surface area contributed by atoms with Crippen LogP contribution in [0.1, 0.15) is 52.4 Å². The number of carboxylic acid groups (broad SMARTS) is 1. The van der Waals surface area contributed by atoms with E-state index in [9.17, 15) is 40.7 Å². The van der Waals surface area contributed by atoms with Crippen LogP contribution in [-0.4, -0.2) is 36.2 Å². The van der Waals surface area contributed by atoms with E-state index in [1.54, 1.807) is 0 Å². The van der Waals surface area contributed by atoms with Gasteiger partial charge in [0.15, 0.2) is 5.83 Å². The molecule has 33 heavy (non-hydrogen) atoms. The van der Waals surface area contributed by atoms with Gasteiger partial charge in [0.05, 0.1) is 11.3 Å². The maximum Gasteiger partial charge on any atom is 0.471 e. The molecule has 6 nitrogen and oxygen atoms in total. The van der Waals surface area contributed by atoms with E-state index >= 15 is 0 Å². The highest BCUT2D eigenvalue weighted by Crippen LogP contribution is 2.43. The van der Waals surface area contributed by atoms with Gasteiger partial charge in [-0.3, -0.25) is 9.59 Å². The number of aliphatic carboxylic acids is 1. The third-order valence-electron chi connectivity index (χ3n) is 5.16. The average molecular weight is 479 g/mol.